The van der Waals surface area contributed by atoms with Crippen molar-refractivity contribution < 1.29 is 4.79 Å². The first kappa shape index (κ1) is 9.52. The fourth-order valence-electron chi connectivity index (χ4n) is 1.47. The van der Waals surface area contributed by atoms with Gasteiger partial charge in [0, 0.05) is 6.04 Å². The van der Waals surface area contributed by atoms with Crippen molar-refractivity contribution in [3.05, 3.63) is 17.0 Å². The minimum absolute atomic E-state index is 0.00565. The zero-order valence-electron chi connectivity index (χ0n) is 8.12. The summed E-state index contributed by atoms with van der Waals surface area (Å²) in [4.78, 5) is 12.3. The van der Waals surface area contributed by atoms with Crippen LogP contribution in [0.4, 0.5) is 5.00 Å². The third-order valence-corrected chi connectivity index (χ3v) is 3.45. The normalized spacial score (nSPS) is 17.8. The van der Waals surface area contributed by atoms with Crippen LogP contribution in [-0.2, 0) is 0 Å². The van der Waals surface area contributed by atoms with E-state index in [1.54, 1.807) is 12.1 Å². The summed E-state index contributed by atoms with van der Waals surface area (Å²) < 4.78 is 0. The number of anilines is 1. The molecule has 1 aliphatic carbocycles. The lowest BCUT2D eigenvalue weighted by molar-refractivity contribution is 0.0940. The molecule has 0 aromatic carbocycles. The second-order valence-electron chi connectivity index (χ2n) is 3.80. The van der Waals surface area contributed by atoms with Crippen molar-refractivity contribution in [3.8, 4) is 0 Å². The molecule has 1 fully saturated rings. The van der Waals surface area contributed by atoms with Crippen molar-refractivity contribution in [2.24, 2.45) is 5.92 Å². The van der Waals surface area contributed by atoms with Crippen molar-refractivity contribution in [2.75, 3.05) is 5.73 Å². The number of carbonyl (C=O) groups excluding carboxylic acids is 1. The predicted octanol–water partition coefficient (Wildman–Crippen LogP) is 1.86. The summed E-state index contributed by atoms with van der Waals surface area (Å²) in [7, 11) is 0. The number of amides is 1. The molecule has 4 heteroatoms. The maximum absolute atomic E-state index is 11.6. The van der Waals surface area contributed by atoms with E-state index in [9.17, 15) is 4.79 Å². The molecule has 1 aromatic rings. The van der Waals surface area contributed by atoms with E-state index in [0.717, 1.165) is 0 Å². The summed E-state index contributed by atoms with van der Waals surface area (Å²) in [6, 6.07) is 3.84. The summed E-state index contributed by atoms with van der Waals surface area (Å²) >= 11 is 1.34. The minimum Gasteiger partial charge on any atom is -0.391 e. The number of carbonyl (C=O) groups is 1. The first-order chi connectivity index (χ1) is 6.66. The Labute approximate surface area is 87.3 Å². The molecule has 1 aromatic heterocycles. The molecular weight excluding hydrogens is 196 g/mol. The summed E-state index contributed by atoms with van der Waals surface area (Å²) in [6.07, 6.45) is 2.49. The van der Waals surface area contributed by atoms with E-state index in [1.807, 2.05) is 0 Å². The van der Waals surface area contributed by atoms with E-state index >= 15 is 0 Å². The van der Waals surface area contributed by atoms with Gasteiger partial charge in [0.25, 0.3) is 5.91 Å². The lowest BCUT2D eigenvalue weighted by Crippen LogP contribution is -2.33. The molecule has 0 aliphatic heterocycles. The highest BCUT2D eigenvalue weighted by atomic mass is 32.1. The fourth-order valence-corrected chi connectivity index (χ4v) is 2.14. The van der Waals surface area contributed by atoms with Crippen molar-refractivity contribution in [2.45, 2.75) is 25.8 Å². The Hall–Kier alpha value is -1.03. The quantitative estimate of drug-likeness (QED) is 0.800. The van der Waals surface area contributed by atoms with Gasteiger partial charge in [0.1, 0.15) is 0 Å². The van der Waals surface area contributed by atoms with Crippen LogP contribution in [0.1, 0.15) is 29.4 Å². The molecule has 0 radical (unpaired) electrons. The number of rotatable bonds is 3. The standard InChI is InChI=1S/C10H14N2OS/c1-6(7-2-3-7)12-10(13)8-4-5-9(11)14-8/h4-7H,2-3,11H2,1H3,(H,12,13)/t6-/m0/s1. The Morgan fingerprint density at radius 3 is 2.86 bits per heavy atom. The van der Waals surface area contributed by atoms with E-state index in [-0.39, 0.29) is 5.91 Å². The highest BCUT2D eigenvalue weighted by Gasteiger charge is 2.29. The second-order valence-corrected chi connectivity index (χ2v) is 4.92. The van der Waals surface area contributed by atoms with Crippen LogP contribution in [0.2, 0.25) is 0 Å². The van der Waals surface area contributed by atoms with E-state index in [1.165, 1.54) is 24.2 Å². The molecule has 1 heterocycles. The summed E-state index contributed by atoms with van der Waals surface area (Å²) in [5, 5.41) is 3.68. The lowest BCUT2D eigenvalue weighted by Gasteiger charge is -2.11. The van der Waals surface area contributed by atoms with Gasteiger partial charge in [0.05, 0.1) is 9.88 Å². The predicted molar refractivity (Wildman–Crippen MR) is 58.4 cm³/mol. The molecule has 0 saturated heterocycles. The van der Waals surface area contributed by atoms with Gasteiger partial charge in [-0.05, 0) is 37.8 Å². The first-order valence-electron chi connectivity index (χ1n) is 4.83. The Bertz CT molecular complexity index is 344. The van der Waals surface area contributed by atoms with Crippen LogP contribution in [0.15, 0.2) is 12.1 Å². The molecule has 0 spiro atoms. The number of hydrogen-bond donors (Lipinski definition) is 2. The monoisotopic (exact) mass is 210 g/mol. The van der Waals surface area contributed by atoms with Crippen molar-refractivity contribution in [3.63, 3.8) is 0 Å². The molecule has 3 N–H and O–H groups in total. The third kappa shape index (κ3) is 2.07. The van der Waals surface area contributed by atoms with Crippen LogP contribution in [0.25, 0.3) is 0 Å². The topological polar surface area (TPSA) is 55.1 Å². The van der Waals surface area contributed by atoms with Crippen LogP contribution < -0.4 is 11.1 Å². The van der Waals surface area contributed by atoms with Crippen LogP contribution in [0.5, 0.6) is 0 Å². The van der Waals surface area contributed by atoms with Gasteiger partial charge >= 0.3 is 0 Å². The van der Waals surface area contributed by atoms with Gasteiger partial charge in [0.15, 0.2) is 0 Å². The Morgan fingerprint density at radius 2 is 2.36 bits per heavy atom. The number of nitrogens with two attached hydrogens (primary N) is 1. The fraction of sp³-hybridized carbons (Fsp3) is 0.500. The van der Waals surface area contributed by atoms with E-state index < -0.39 is 0 Å². The van der Waals surface area contributed by atoms with E-state index in [0.29, 0.717) is 21.8 Å². The SMILES string of the molecule is C[C@H](NC(=O)c1ccc(N)s1)C1CC1. The molecule has 1 saturated carbocycles. The number of nitrogens with one attached hydrogen (secondary N) is 1. The average Bonchev–Trinajstić information content (AvgIpc) is 2.89. The molecule has 1 amide bonds. The molecule has 0 unspecified atom stereocenters. The zero-order chi connectivity index (χ0) is 10.1. The van der Waals surface area contributed by atoms with Crippen molar-refractivity contribution in [1.29, 1.82) is 0 Å². The minimum atomic E-state index is 0.00565. The largest absolute Gasteiger partial charge is 0.391 e. The smallest absolute Gasteiger partial charge is 0.261 e. The second kappa shape index (κ2) is 3.61. The zero-order valence-corrected chi connectivity index (χ0v) is 8.93. The highest BCUT2D eigenvalue weighted by molar-refractivity contribution is 7.17. The van der Waals surface area contributed by atoms with Crippen molar-refractivity contribution >= 4 is 22.2 Å². The number of hydrogen-bond acceptors (Lipinski definition) is 3. The van der Waals surface area contributed by atoms with Gasteiger partial charge in [-0.15, -0.1) is 11.3 Å². The van der Waals surface area contributed by atoms with Gasteiger partial charge in [-0.2, -0.15) is 0 Å². The molecule has 1 atom stereocenters. The molecule has 0 bridgehead atoms. The Morgan fingerprint density at radius 1 is 1.64 bits per heavy atom. The molecule has 1 aliphatic rings. The van der Waals surface area contributed by atoms with Crippen LogP contribution in [0.3, 0.4) is 0 Å². The Kier molecular flexibility index (Phi) is 2.46. The summed E-state index contributed by atoms with van der Waals surface area (Å²) in [5.41, 5.74) is 5.56. The summed E-state index contributed by atoms with van der Waals surface area (Å²) in [6.45, 7) is 2.06. The first-order valence-corrected chi connectivity index (χ1v) is 5.64. The highest BCUT2D eigenvalue weighted by Crippen LogP contribution is 2.32. The van der Waals surface area contributed by atoms with Gasteiger partial charge in [-0.25, -0.2) is 0 Å². The van der Waals surface area contributed by atoms with Gasteiger partial charge < -0.3 is 11.1 Å². The molecule has 76 valence electrons. The Balaban J connectivity index is 1.94. The molecule has 3 nitrogen and oxygen atoms in total. The lowest BCUT2D eigenvalue weighted by atomic mass is 10.2. The third-order valence-electron chi connectivity index (χ3n) is 2.54. The van der Waals surface area contributed by atoms with Crippen molar-refractivity contribution in [1.82, 2.24) is 5.32 Å². The van der Waals surface area contributed by atoms with Gasteiger partial charge in [-0.1, -0.05) is 0 Å². The number of nitrogen functional groups attached to an aromatic ring is 1. The van der Waals surface area contributed by atoms with Gasteiger partial charge in [-0.3, -0.25) is 4.79 Å². The van der Waals surface area contributed by atoms with Crippen LogP contribution >= 0.6 is 11.3 Å². The van der Waals surface area contributed by atoms with Gasteiger partial charge in [0.2, 0.25) is 0 Å². The molecule has 14 heavy (non-hydrogen) atoms. The average molecular weight is 210 g/mol. The summed E-state index contributed by atoms with van der Waals surface area (Å²) in [5.74, 6) is 0.697. The maximum atomic E-state index is 11.6. The molecule has 2 rings (SSSR count). The molecular formula is C10H14N2OS. The maximum Gasteiger partial charge on any atom is 0.261 e. The van der Waals surface area contributed by atoms with E-state index in [2.05, 4.69) is 12.2 Å². The van der Waals surface area contributed by atoms with Crippen LogP contribution in [0, 0.1) is 5.92 Å². The van der Waals surface area contributed by atoms with E-state index in [4.69, 9.17) is 5.73 Å². The number of thiophene rings is 1. The van der Waals surface area contributed by atoms with Crippen LogP contribution in [-0.4, -0.2) is 11.9 Å².